The number of rotatable bonds is 3. The van der Waals surface area contributed by atoms with Gasteiger partial charge in [-0.05, 0) is 6.42 Å². The van der Waals surface area contributed by atoms with Crippen molar-refractivity contribution in [3.8, 4) is 0 Å². The predicted octanol–water partition coefficient (Wildman–Crippen LogP) is 0.133. The number of ether oxygens (including phenoxy) is 1. The zero-order valence-corrected chi connectivity index (χ0v) is 7.39. The number of unbranched alkanes of at least 4 members (excludes halogenated alkanes) is 1. The number of carbonyl (C=O) groups is 1. The van der Waals surface area contributed by atoms with E-state index in [9.17, 15) is 4.79 Å². The molecule has 0 amide bonds. The Hall–Kier alpha value is -0.610. The van der Waals surface area contributed by atoms with E-state index in [1.54, 1.807) is 0 Å². The Balaban J connectivity index is -0.000000196. The van der Waals surface area contributed by atoms with Crippen molar-refractivity contribution in [2.24, 2.45) is 0 Å². The fourth-order valence-corrected chi connectivity index (χ4v) is 0.360. The molecule has 0 rings (SSSR count). The highest BCUT2D eigenvalue weighted by Crippen LogP contribution is 1.86. The first-order chi connectivity index (χ1) is 4.77. The SMILES string of the molecule is CCCCOC(C)=O.CO.O. The van der Waals surface area contributed by atoms with E-state index in [0.717, 1.165) is 20.0 Å². The first-order valence-corrected chi connectivity index (χ1v) is 3.35. The summed E-state index contributed by atoms with van der Waals surface area (Å²) in [5.41, 5.74) is 0. The van der Waals surface area contributed by atoms with Crippen LogP contribution in [0.25, 0.3) is 0 Å². The molecule has 4 heteroatoms. The van der Waals surface area contributed by atoms with Gasteiger partial charge in [-0.25, -0.2) is 0 Å². The van der Waals surface area contributed by atoms with Crippen LogP contribution in [0.1, 0.15) is 26.7 Å². The highest BCUT2D eigenvalue weighted by atomic mass is 16.5. The van der Waals surface area contributed by atoms with E-state index in [4.69, 9.17) is 5.11 Å². The fraction of sp³-hybridized carbons (Fsp3) is 0.857. The smallest absolute Gasteiger partial charge is 0.302 e. The van der Waals surface area contributed by atoms with Gasteiger partial charge in [-0.1, -0.05) is 13.3 Å². The molecule has 0 aromatic carbocycles. The monoisotopic (exact) mass is 166 g/mol. The van der Waals surface area contributed by atoms with Crippen LogP contribution < -0.4 is 0 Å². The molecule has 0 bridgehead atoms. The van der Waals surface area contributed by atoms with Gasteiger partial charge in [0.25, 0.3) is 0 Å². The normalized spacial score (nSPS) is 6.91. The second-order valence-electron chi connectivity index (χ2n) is 1.69. The van der Waals surface area contributed by atoms with Crippen molar-refractivity contribution in [3.63, 3.8) is 0 Å². The molecule has 0 aromatic heterocycles. The molecule has 11 heavy (non-hydrogen) atoms. The van der Waals surface area contributed by atoms with E-state index in [1.165, 1.54) is 6.92 Å². The van der Waals surface area contributed by atoms with E-state index in [1.807, 2.05) is 0 Å². The lowest BCUT2D eigenvalue weighted by Crippen LogP contribution is -1.99. The van der Waals surface area contributed by atoms with Gasteiger partial charge >= 0.3 is 5.97 Å². The standard InChI is InChI=1S/C6H12O2.CH4O.H2O/c1-3-4-5-8-6(2)7;1-2;/h3-5H2,1-2H3;2H,1H3;1H2. The quantitative estimate of drug-likeness (QED) is 0.478. The molecule has 0 unspecified atom stereocenters. The van der Waals surface area contributed by atoms with Crippen LogP contribution in [0.5, 0.6) is 0 Å². The molecule has 0 radical (unpaired) electrons. The minimum atomic E-state index is -0.182. The van der Waals surface area contributed by atoms with Gasteiger partial charge in [0.1, 0.15) is 0 Å². The Morgan fingerprint density at radius 1 is 1.45 bits per heavy atom. The Labute approximate surface area is 67.5 Å². The average molecular weight is 166 g/mol. The maximum Gasteiger partial charge on any atom is 0.302 e. The summed E-state index contributed by atoms with van der Waals surface area (Å²) in [5.74, 6) is -0.182. The van der Waals surface area contributed by atoms with Crippen molar-refractivity contribution in [2.45, 2.75) is 26.7 Å². The molecule has 0 aromatic rings. The van der Waals surface area contributed by atoms with Gasteiger partial charge in [0.05, 0.1) is 6.61 Å². The molecule has 0 fully saturated rings. The van der Waals surface area contributed by atoms with Crippen LogP contribution in [0.2, 0.25) is 0 Å². The third kappa shape index (κ3) is 26.6. The Morgan fingerprint density at radius 2 is 1.91 bits per heavy atom. The van der Waals surface area contributed by atoms with E-state index in [-0.39, 0.29) is 11.4 Å². The summed E-state index contributed by atoms with van der Waals surface area (Å²) in [5, 5.41) is 7.00. The van der Waals surface area contributed by atoms with Gasteiger partial charge in [-0.2, -0.15) is 0 Å². The summed E-state index contributed by atoms with van der Waals surface area (Å²) < 4.78 is 4.64. The van der Waals surface area contributed by atoms with E-state index in [0.29, 0.717) is 6.61 Å². The molecule has 70 valence electrons. The van der Waals surface area contributed by atoms with Gasteiger partial charge in [0.15, 0.2) is 0 Å². The highest BCUT2D eigenvalue weighted by molar-refractivity contribution is 5.65. The second-order valence-corrected chi connectivity index (χ2v) is 1.69. The Bertz CT molecular complexity index is 72.8. The number of carbonyl (C=O) groups excluding carboxylic acids is 1. The van der Waals surface area contributed by atoms with Crippen molar-refractivity contribution in [1.29, 1.82) is 0 Å². The van der Waals surface area contributed by atoms with Gasteiger partial charge in [-0.15, -0.1) is 0 Å². The molecule has 0 atom stereocenters. The molecule has 0 aliphatic rings. The summed E-state index contributed by atoms with van der Waals surface area (Å²) in [4.78, 5) is 10.1. The van der Waals surface area contributed by atoms with Gasteiger partial charge in [-0.3, -0.25) is 4.79 Å². The number of hydrogen-bond donors (Lipinski definition) is 1. The van der Waals surface area contributed by atoms with Gasteiger partial charge in [0, 0.05) is 14.0 Å². The van der Waals surface area contributed by atoms with Crippen LogP contribution in [0.15, 0.2) is 0 Å². The molecule has 0 saturated heterocycles. The molecule has 0 saturated carbocycles. The Kier molecular flexibility index (Phi) is 24.7. The second kappa shape index (κ2) is 16.2. The van der Waals surface area contributed by atoms with Crippen molar-refractivity contribution in [2.75, 3.05) is 13.7 Å². The summed E-state index contributed by atoms with van der Waals surface area (Å²) in [7, 11) is 1.00. The van der Waals surface area contributed by atoms with Crippen molar-refractivity contribution < 1.29 is 20.1 Å². The lowest BCUT2D eigenvalue weighted by molar-refractivity contribution is -0.141. The molecular weight excluding hydrogens is 148 g/mol. The summed E-state index contributed by atoms with van der Waals surface area (Å²) in [6.07, 6.45) is 2.05. The topological polar surface area (TPSA) is 78.0 Å². The van der Waals surface area contributed by atoms with Crippen LogP contribution in [0.4, 0.5) is 0 Å². The van der Waals surface area contributed by atoms with Crippen LogP contribution in [0, 0.1) is 0 Å². The van der Waals surface area contributed by atoms with Crippen molar-refractivity contribution in [3.05, 3.63) is 0 Å². The number of hydrogen-bond acceptors (Lipinski definition) is 3. The zero-order valence-electron chi connectivity index (χ0n) is 7.39. The first-order valence-electron chi connectivity index (χ1n) is 3.35. The number of aliphatic hydroxyl groups excluding tert-OH is 1. The third-order valence-electron chi connectivity index (χ3n) is 0.803. The third-order valence-corrected chi connectivity index (χ3v) is 0.803. The molecular formula is C7H18O4. The van der Waals surface area contributed by atoms with Crippen LogP contribution in [-0.4, -0.2) is 30.3 Å². The molecule has 0 aliphatic carbocycles. The number of aliphatic hydroxyl groups is 1. The number of esters is 1. The fourth-order valence-electron chi connectivity index (χ4n) is 0.360. The molecule has 0 spiro atoms. The van der Waals surface area contributed by atoms with E-state index in [2.05, 4.69) is 11.7 Å². The Morgan fingerprint density at radius 3 is 2.18 bits per heavy atom. The summed E-state index contributed by atoms with van der Waals surface area (Å²) in [6.45, 7) is 4.06. The highest BCUT2D eigenvalue weighted by Gasteiger charge is 1.88. The summed E-state index contributed by atoms with van der Waals surface area (Å²) in [6, 6.07) is 0. The van der Waals surface area contributed by atoms with Crippen molar-refractivity contribution >= 4 is 5.97 Å². The van der Waals surface area contributed by atoms with Crippen LogP contribution >= 0.6 is 0 Å². The van der Waals surface area contributed by atoms with Crippen molar-refractivity contribution in [1.82, 2.24) is 0 Å². The molecule has 4 nitrogen and oxygen atoms in total. The average Bonchev–Trinajstić information content (AvgIpc) is 1.92. The molecule has 0 aliphatic heterocycles. The van der Waals surface area contributed by atoms with Crippen LogP contribution in [0.3, 0.4) is 0 Å². The lowest BCUT2D eigenvalue weighted by atomic mass is 10.4. The molecule has 0 heterocycles. The lowest BCUT2D eigenvalue weighted by Gasteiger charge is -1.96. The van der Waals surface area contributed by atoms with Gasteiger partial charge in [0.2, 0.25) is 0 Å². The first kappa shape index (κ1) is 16.8. The minimum Gasteiger partial charge on any atom is -0.466 e. The van der Waals surface area contributed by atoms with E-state index >= 15 is 0 Å². The largest absolute Gasteiger partial charge is 0.466 e. The maximum absolute atomic E-state index is 10.1. The van der Waals surface area contributed by atoms with E-state index < -0.39 is 0 Å². The maximum atomic E-state index is 10.1. The zero-order chi connectivity index (χ0) is 8.41. The van der Waals surface area contributed by atoms with Gasteiger partial charge < -0.3 is 15.3 Å². The minimum absolute atomic E-state index is 0. The summed E-state index contributed by atoms with van der Waals surface area (Å²) >= 11 is 0. The van der Waals surface area contributed by atoms with Crippen LogP contribution in [-0.2, 0) is 9.53 Å². The predicted molar refractivity (Wildman–Crippen MR) is 43.3 cm³/mol. The molecule has 3 N–H and O–H groups in total.